The molecule has 0 saturated carbocycles. The SMILES string of the molecule is CCCCN(CCCC)CCCNC(=O)c1ccc(OC2CCCN(Cc3ccc4c(c3)c3ccccc3n4CC)C2)cc1. The first kappa shape index (κ1) is 32.1. The number of benzene rings is 3. The van der Waals surface area contributed by atoms with Crippen LogP contribution in [0.1, 0.15) is 81.6 Å². The average molecular weight is 597 g/mol. The van der Waals surface area contributed by atoms with Crippen LogP contribution in [0.3, 0.4) is 0 Å². The Kier molecular flexibility index (Phi) is 11.7. The number of rotatable bonds is 16. The van der Waals surface area contributed by atoms with E-state index in [0.717, 1.165) is 70.8 Å². The molecule has 1 amide bonds. The smallest absolute Gasteiger partial charge is 0.251 e. The number of piperidine rings is 1. The summed E-state index contributed by atoms with van der Waals surface area (Å²) >= 11 is 0. The predicted octanol–water partition coefficient (Wildman–Crippen LogP) is 7.88. The molecule has 1 aromatic heterocycles. The maximum Gasteiger partial charge on any atom is 0.251 e. The molecule has 4 aromatic rings. The number of para-hydroxylation sites is 1. The Morgan fingerprint density at radius 3 is 2.36 bits per heavy atom. The number of likely N-dealkylation sites (tertiary alicyclic amines) is 1. The van der Waals surface area contributed by atoms with Crippen LogP contribution in [-0.4, -0.2) is 65.6 Å². The molecular weight excluding hydrogens is 544 g/mol. The molecule has 1 atom stereocenters. The van der Waals surface area contributed by atoms with Gasteiger partial charge in [0.2, 0.25) is 0 Å². The highest BCUT2D eigenvalue weighted by Gasteiger charge is 2.22. The van der Waals surface area contributed by atoms with Crippen molar-refractivity contribution >= 4 is 27.7 Å². The molecule has 1 unspecified atom stereocenters. The Bertz CT molecular complexity index is 1470. The average Bonchev–Trinajstić information content (AvgIpc) is 3.37. The molecule has 0 radical (unpaired) electrons. The monoisotopic (exact) mass is 596 g/mol. The van der Waals surface area contributed by atoms with Gasteiger partial charge in [0.05, 0.1) is 0 Å². The van der Waals surface area contributed by atoms with E-state index < -0.39 is 0 Å². The van der Waals surface area contributed by atoms with Crippen LogP contribution in [0.5, 0.6) is 5.75 Å². The van der Waals surface area contributed by atoms with Crippen molar-refractivity contribution in [1.82, 2.24) is 19.7 Å². The van der Waals surface area contributed by atoms with Gasteiger partial charge in [-0.25, -0.2) is 0 Å². The minimum absolute atomic E-state index is 0.00640. The quantitative estimate of drug-likeness (QED) is 0.134. The number of carbonyl (C=O) groups excluding carboxylic acids is 1. The molecule has 236 valence electrons. The molecule has 3 aromatic carbocycles. The topological polar surface area (TPSA) is 49.7 Å². The first-order chi connectivity index (χ1) is 21.6. The predicted molar refractivity (Wildman–Crippen MR) is 184 cm³/mol. The van der Waals surface area contributed by atoms with Gasteiger partial charge in [-0.15, -0.1) is 0 Å². The number of nitrogens with one attached hydrogen (secondary N) is 1. The van der Waals surface area contributed by atoms with Crippen molar-refractivity contribution < 1.29 is 9.53 Å². The Morgan fingerprint density at radius 1 is 0.886 bits per heavy atom. The van der Waals surface area contributed by atoms with Gasteiger partial charge in [0, 0.05) is 53.5 Å². The van der Waals surface area contributed by atoms with E-state index in [1.54, 1.807) is 0 Å². The largest absolute Gasteiger partial charge is 0.489 e. The highest BCUT2D eigenvalue weighted by molar-refractivity contribution is 6.08. The number of nitrogens with zero attached hydrogens (tertiary/aromatic N) is 3. The number of aryl methyl sites for hydroxylation is 1. The number of hydrogen-bond donors (Lipinski definition) is 1. The second-order valence-electron chi connectivity index (χ2n) is 12.4. The van der Waals surface area contributed by atoms with Gasteiger partial charge < -0.3 is 19.5 Å². The van der Waals surface area contributed by atoms with Crippen LogP contribution < -0.4 is 10.1 Å². The zero-order valence-corrected chi connectivity index (χ0v) is 27.2. The fourth-order valence-corrected chi connectivity index (χ4v) is 6.63. The van der Waals surface area contributed by atoms with E-state index in [9.17, 15) is 4.79 Å². The maximum absolute atomic E-state index is 12.8. The zero-order chi connectivity index (χ0) is 30.7. The Hall–Kier alpha value is -3.35. The lowest BCUT2D eigenvalue weighted by Gasteiger charge is -2.33. The molecule has 1 fully saturated rings. The summed E-state index contributed by atoms with van der Waals surface area (Å²) in [4.78, 5) is 17.8. The molecular formula is C38H52N4O2. The van der Waals surface area contributed by atoms with Gasteiger partial charge in [-0.2, -0.15) is 0 Å². The molecule has 0 bridgehead atoms. The van der Waals surface area contributed by atoms with Crippen LogP contribution in [-0.2, 0) is 13.1 Å². The summed E-state index contributed by atoms with van der Waals surface area (Å²) in [7, 11) is 0. The summed E-state index contributed by atoms with van der Waals surface area (Å²) in [5.41, 5.74) is 4.66. The van der Waals surface area contributed by atoms with Crippen LogP contribution in [0.2, 0.25) is 0 Å². The van der Waals surface area contributed by atoms with Gasteiger partial charge in [0.15, 0.2) is 0 Å². The lowest BCUT2D eigenvalue weighted by Crippen LogP contribution is -2.40. The summed E-state index contributed by atoms with van der Waals surface area (Å²) in [5, 5.41) is 5.78. The lowest BCUT2D eigenvalue weighted by atomic mass is 10.1. The Morgan fingerprint density at radius 2 is 1.61 bits per heavy atom. The third-order valence-electron chi connectivity index (χ3n) is 9.03. The van der Waals surface area contributed by atoms with Crippen molar-refractivity contribution in [2.75, 3.05) is 39.3 Å². The third kappa shape index (κ3) is 8.22. The molecule has 6 nitrogen and oxygen atoms in total. The summed E-state index contributed by atoms with van der Waals surface area (Å²) < 4.78 is 8.82. The Labute approximate surface area is 264 Å². The van der Waals surface area contributed by atoms with Crippen molar-refractivity contribution in [3.63, 3.8) is 0 Å². The number of aromatic nitrogens is 1. The summed E-state index contributed by atoms with van der Waals surface area (Å²) in [6.45, 7) is 14.7. The first-order valence-corrected chi connectivity index (χ1v) is 17.1. The Balaban J connectivity index is 1.10. The van der Waals surface area contributed by atoms with Crippen molar-refractivity contribution in [3.05, 3.63) is 77.9 Å². The molecule has 0 spiro atoms. The molecule has 1 aliphatic rings. The van der Waals surface area contributed by atoms with Gasteiger partial charge in [-0.05, 0) is 113 Å². The summed E-state index contributed by atoms with van der Waals surface area (Å²) in [6, 6.07) is 23.4. The molecule has 5 rings (SSSR count). The third-order valence-corrected chi connectivity index (χ3v) is 9.03. The van der Waals surface area contributed by atoms with Gasteiger partial charge in [0.1, 0.15) is 11.9 Å². The molecule has 1 N–H and O–H groups in total. The fraction of sp³-hybridized carbons (Fsp3) is 0.500. The highest BCUT2D eigenvalue weighted by atomic mass is 16.5. The molecule has 1 aliphatic heterocycles. The van der Waals surface area contributed by atoms with E-state index in [-0.39, 0.29) is 12.0 Å². The van der Waals surface area contributed by atoms with Gasteiger partial charge in [0.25, 0.3) is 5.91 Å². The van der Waals surface area contributed by atoms with E-state index in [1.165, 1.54) is 53.1 Å². The zero-order valence-electron chi connectivity index (χ0n) is 27.2. The van der Waals surface area contributed by atoms with Gasteiger partial charge in [-0.1, -0.05) is 51.0 Å². The molecule has 44 heavy (non-hydrogen) atoms. The van der Waals surface area contributed by atoms with Crippen molar-refractivity contribution in [1.29, 1.82) is 0 Å². The number of ether oxygens (including phenoxy) is 1. The number of amides is 1. The number of fused-ring (bicyclic) bond motifs is 3. The van der Waals surface area contributed by atoms with E-state index in [1.807, 2.05) is 24.3 Å². The molecule has 2 heterocycles. The number of hydrogen-bond acceptors (Lipinski definition) is 4. The van der Waals surface area contributed by atoms with Gasteiger partial charge >= 0.3 is 0 Å². The van der Waals surface area contributed by atoms with Crippen LogP contribution in [0.4, 0.5) is 0 Å². The number of unbranched alkanes of at least 4 members (excludes halogenated alkanes) is 2. The van der Waals surface area contributed by atoms with Crippen LogP contribution in [0.15, 0.2) is 66.7 Å². The van der Waals surface area contributed by atoms with E-state index in [2.05, 4.69) is 82.9 Å². The number of carbonyl (C=O) groups is 1. The normalized spacial score (nSPS) is 15.8. The second-order valence-corrected chi connectivity index (χ2v) is 12.4. The highest BCUT2D eigenvalue weighted by Crippen LogP contribution is 2.30. The van der Waals surface area contributed by atoms with Gasteiger partial charge in [-0.3, -0.25) is 9.69 Å². The van der Waals surface area contributed by atoms with Crippen LogP contribution in [0.25, 0.3) is 21.8 Å². The van der Waals surface area contributed by atoms with Crippen molar-refractivity contribution in [3.8, 4) is 5.75 Å². The molecule has 0 aliphatic carbocycles. The van der Waals surface area contributed by atoms with E-state index in [0.29, 0.717) is 12.1 Å². The lowest BCUT2D eigenvalue weighted by molar-refractivity contribution is 0.0843. The minimum atomic E-state index is -0.00640. The minimum Gasteiger partial charge on any atom is -0.489 e. The van der Waals surface area contributed by atoms with Crippen molar-refractivity contribution in [2.45, 2.75) is 84.9 Å². The first-order valence-electron chi connectivity index (χ1n) is 17.1. The molecule has 1 saturated heterocycles. The van der Waals surface area contributed by atoms with Crippen LogP contribution >= 0.6 is 0 Å². The van der Waals surface area contributed by atoms with E-state index >= 15 is 0 Å². The standard InChI is InChI=1S/C38H52N4O2/c1-4-7-23-40(24-8-5-2)26-12-22-39-38(43)31-17-19-32(20-18-31)44-33-13-11-25-41(29-33)28-30-16-21-37-35(27-30)34-14-9-10-15-36(34)42(37)6-3/h9-10,14-21,27,33H,4-8,11-13,22-26,28-29H2,1-3H3,(H,39,43). The van der Waals surface area contributed by atoms with Crippen LogP contribution in [0, 0.1) is 0 Å². The summed E-state index contributed by atoms with van der Waals surface area (Å²) in [5.74, 6) is 0.831. The van der Waals surface area contributed by atoms with E-state index in [4.69, 9.17) is 4.74 Å². The molecule has 6 heteroatoms. The van der Waals surface area contributed by atoms with Crippen molar-refractivity contribution in [2.24, 2.45) is 0 Å². The maximum atomic E-state index is 12.8. The fourth-order valence-electron chi connectivity index (χ4n) is 6.63. The second kappa shape index (κ2) is 16.1. The summed E-state index contributed by atoms with van der Waals surface area (Å²) in [6.07, 6.45) is 8.23.